The maximum Gasteiger partial charge on any atom is 0.244 e. The average Bonchev–Trinajstić information content (AvgIpc) is 2.38. The molecule has 3 nitrogen and oxygen atoms in total. The van der Waals surface area contributed by atoms with Crippen LogP contribution in [-0.2, 0) is 10.0 Å². The van der Waals surface area contributed by atoms with Crippen LogP contribution in [0.2, 0.25) is 0 Å². The predicted molar refractivity (Wildman–Crippen MR) is 85.2 cm³/mol. The minimum Gasteiger partial charge on any atom is -0.207 e. The zero-order chi connectivity index (χ0) is 14.9. The largest absolute Gasteiger partial charge is 0.244 e. The van der Waals surface area contributed by atoms with Gasteiger partial charge in [-0.2, -0.15) is 4.31 Å². The molecule has 2 rings (SSSR count). The van der Waals surface area contributed by atoms with E-state index in [2.05, 4.69) is 22.9 Å². The Balaban J connectivity index is 2.25. The molecule has 0 radical (unpaired) electrons. The zero-order valence-electron chi connectivity index (χ0n) is 12.3. The molecular weight excluding hydrogens is 338 g/mol. The lowest BCUT2D eigenvalue weighted by molar-refractivity contribution is 0.246. The highest BCUT2D eigenvalue weighted by Crippen LogP contribution is 2.32. The van der Waals surface area contributed by atoms with E-state index < -0.39 is 10.0 Å². The fourth-order valence-corrected chi connectivity index (χ4v) is 5.34. The highest BCUT2D eigenvalue weighted by Gasteiger charge is 2.31. The number of rotatable bonds is 3. The summed E-state index contributed by atoms with van der Waals surface area (Å²) in [5.74, 6) is 0.716. The third kappa shape index (κ3) is 3.26. The highest BCUT2D eigenvalue weighted by molar-refractivity contribution is 9.10. The lowest BCUT2D eigenvalue weighted by atomic mass is 9.87. The number of aryl methyl sites for hydroxylation is 1. The van der Waals surface area contributed by atoms with E-state index >= 15 is 0 Å². The lowest BCUT2D eigenvalue weighted by Crippen LogP contribution is -2.39. The van der Waals surface area contributed by atoms with Crippen molar-refractivity contribution >= 4 is 26.0 Å². The summed E-state index contributed by atoms with van der Waals surface area (Å²) in [6.07, 6.45) is 4.14. The first-order valence-corrected chi connectivity index (χ1v) is 9.30. The van der Waals surface area contributed by atoms with Crippen molar-refractivity contribution in [3.63, 3.8) is 0 Å². The van der Waals surface area contributed by atoms with Crippen LogP contribution in [0.15, 0.2) is 27.6 Å². The summed E-state index contributed by atoms with van der Waals surface area (Å²) in [4.78, 5) is 0.365. The quantitative estimate of drug-likeness (QED) is 0.818. The van der Waals surface area contributed by atoms with Gasteiger partial charge in [0.15, 0.2) is 0 Å². The van der Waals surface area contributed by atoms with Gasteiger partial charge < -0.3 is 0 Å². The van der Waals surface area contributed by atoms with Crippen LogP contribution in [0.1, 0.15) is 38.2 Å². The molecule has 0 atom stereocenters. The summed E-state index contributed by atoms with van der Waals surface area (Å²) in [5, 5.41) is 0. The Morgan fingerprint density at radius 2 is 1.80 bits per heavy atom. The van der Waals surface area contributed by atoms with Crippen molar-refractivity contribution in [1.82, 2.24) is 4.31 Å². The molecule has 0 spiro atoms. The smallest absolute Gasteiger partial charge is 0.207 e. The Labute approximate surface area is 130 Å². The van der Waals surface area contributed by atoms with Gasteiger partial charge in [-0.3, -0.25) is 0 Å². The van der Waals surface area contributed by atoms with Gasteiger partial charge in [0.25, 0.3) is 0 Å². The number of hydrogen-bond acceptors (Lipinski definition) is 2. The second-order valence-corrected chi connectivity index (χ2v) is 8.69. The number of sulfonamides is 1. The predicted octanol–water partition coefficient (Wildman–Crippen LogP) is 3.96. The van der Waals surface area contributed by atoms with E-state index in [4.69, 9.17) is 0 Å². The molecule has 112 valence electrons. The monoisotopic (exact) mass is 359 g/mol. The van der Waals surface area contributed by atoms with E-state index in [1.807, 2.05) is 19.1 Å². The van der Waals surface area contributed by atoms with E-state index in [0.29, 0.717) is 15.3 Å². The Hall–Kier alpha value is -0.390. The van der Waals surface area contributed by atoms with E-state index in [1.54, 1.807) is 17.4 Å². The minimum absolute atomic E-state index is 0.129. The summed E-state index contributed by atoms with van der Waals surface area (Å²) < 4.78 is 27.7. The Morgan fingerprint density at radius 1 is 1.20 bits per heavy atom. The first kappa shape index (κ1) is 16.0. The molecule has 0 N–H and O–H groups in total. The van der Waals surface area contributed by atoms with Crippen molar-refractivity contribution in [2.75, 3.05) is 7.05 Å². The second kappa shape index (κ2) is 6.16. The fourth-order valence-electron chi connectivity index (χ4n) is 2.77. The molecule has 0 unspecified atom stereocenters. The van der Waals surface area contributed by atoms with Crippen LogP contribution in [-0.4, -0.2) is 25.8 Å². The van der Waals surface area contributed by atoms with E-state index in [0.717, 1.165) is 31.2 Å². The molecule has 1 fully saturated rings. The number of halogens is 1. The van der Waals surface area contributed by atoms with E-state index in [9.17, 15) is 8.42 Å². The molecule has 0 amide bonds. The topological polar surface area (TPSA) is 37.4 Å². The molecule has 1 saturated carbocycles. The third-order valence-corrected chi connectivity index (χ3v) is 7.13. The van der Waals surface area contributed by atoms with Gasteiger partial charge in [0, 0.05) is 17.6 Å². The van der Waals surface area contributed by atoms with Crippen molar-refractivity contribution in [2.45, 2.75) is 50.5 Å². The molecule has 0 saturated heterocycles. The van der Waals surface area contributed by atoms with Crippen LogP contribution in [0.25, 0.3) is 0 Å². The Bertz CT molecular complexity index is 578. The van der Waals surface area contributed by atoms with Gasteiger partial charge in [-0.15, -0.1) is 0 Å². The molecular formula is C15H22BrNO2S. The molecule has 1 aromatic carbocycles. The van der Waals surface area contributed by atoms with Crippen molar-refractivity contribution in [2.24, 2.45) is 5.92 Å². The standard InChI is InChI=1S/C15H22BrNO2S/c1-11-4-7-13(8-5-11)17(3)20(18,19)15-9-6-12(2)10-14(15)16/h6,9-11,13H,4-5,7-8H2,1-3H3. The molecule has 0 heterocycles. The van der Waals surface area contributed by atoms with Gasteiger partial charge >= 0.3 is 0 Å². The van der Waals surface area contributed by atoms with Crippen LogP contribution in [0.5, 0.6) is 0 Å². The summed E-state index contributed by atoms with van der Waals surface area (Å²) in [6.45, 7) is 4.19. The average molecular weight is 360 g/mol. The normalized spacial score (nSPS) is 24.1. The molecule has 1 aliphatic carbocycles. The molecule has 0 aliphatic heterocycles. The van der Waals surface area contributed by atoms with Crippen molar-refractivity contribution in [3.05, 3.63) is 28.2 Å². The van der Waals surface area contributed by atoms with Crippen LogP contribution < -0.4 is 0 Å². The van der Waals surface area contributed by atoms with Gasteiger partial charge in [0.05, 0.1) is 4.90 Å². The molecule has 0 bridgehead atoms. The van der Waals surface area contributed by atoms with Gasteiger partial charge in [0.1, 0.15) is 0 Å². The Kier molecular flexibility index (Phi) is 4.92. The SMILES string of the molecule is Cc1ccc(S(=O)(=O)N(C)C2CCC(C)CC2)c(Br)c1. The van der Waals surface area contributed by atoms with Crippen LogP contribution in [0.4, 0.5) is 0 Å². The summed E-state index contributed by atoms with van der Waals surface area (Å²) in [5.41, 5.74) is 1.05. The maximum absolute atomic E-state index is 12.7. The second-order valence-electron chi connectivity index (χ2n) is 5.87. The summed E-state index contributed by atoms with van der Waals surface area (Å²) >= 11 is 3.38. The molecule has 1 aromatic rings. The van der Waals surface area contributed by atoms with Crippen molar-refractivity contribution in [1.29, 1.82) is 0 Å². The van der Waals surface area contributed by atoms with Crippen LogP contribution in [0, 0.1) is 12.8 Å². The molecule has 5 heteroatoms. The summed E-state index contributed by atoms with van der Waals surface area (Å²) in [7, 11) is -1.71. The van der Waals surface area contributed by atoms with E-state index in [1.165, 1.54) is 0 Å². The van der Waals surface area contributed by atoms with E-state index in [-0.39, 0.29) is 6.04 Å². The van der Waals surface area contributed by atoms with Crippen molar-refractivity contribution < 1.29 is 8.42 Å². The lowest BCUT2D eigenvalue weighted by Gasteiger charge is -2.33. The molecule has 20 heavy (non-hydrogen) atoms. The molecule has 0 aromatic heterocycles. The van der Waals surface area contributed by atoms with Gasteiger partial charge in [0.2, 0.25) is 10.0 Å². The van der Waals surface area contributed by atoms with Crippen LogP contribution in [0.3, 0.4) is 0 Å². The zero-order valence-corrected chi connectivity index (χ0v) is 14.7. The first-order chi connectivity index (χ1) is 9.32. The fraction of sp³-hybridized carbons (Fsp3) is 0.600. The van der Waals surface area contributed by atoms with Crippen molar-refractivity contribution in [3.8, 4) is 0 Å². The van der Waals surface area contributed by atoms with Gasteiger partial charge in [-0.1, -0.05) is 13.0 Å². The highest BCUT2D eigenvalue weighted by atomic mass is 79.9. The number of nitrogens with zero attached hydrogens (tertiary/aromatic N) is 1. The van der Waals surface area contributed by atoms with Gasteiger partial charge in [-0.05, 0) is 72.2 Å². The maximum atomic E-state index is 12.7. The number of hydrogen-bond donors (Lipinski definition) is 0. The Morgan fingerprint density at radius 3 is 2.35 bits per heavy atom. The number of benzene rings is 1. The van der Waals surface area contributed by atoms with Gasteiger partial charge in [-0.25, -0.2) is 8.42 Å². The minimum atomic E-state index is -3.42. The summed E-state index contributed by atoms with van der Waals surface area (Å²) in [6, 6.07) is 5.51. The molecule has 1 aliphatic rings. The van der Waals surface area contributed by atoms with Crippen LogP contribution >= 0.6 is 15.9 Å². The third-order valence-electron chi connectivity index (χ3n) is 4.24. The first-order valence-electron chi connectivity index (χ1n) is 7.06.